The Morgan fingerprint density at radius 2 is 2.29 bits per heavy atom. The molecule has 0 aromatic carbocycles. The molecule has 0 radical (unpaired) electrons. The molecule has 0 spiro atoms. The van der Waals surface area contributed by atoms with Crippen LogP contribution >= 0.6 is 0 Å². The Bertz CT molecular complexity index is 208. The Morgan fingerprint density at radius 3 is 2.93 bits per heavy atom. The SMILES string of the molecule is CC(CNC1=NCCN1)N1CCCC1. The van der Waals surface area contributed by atoms with Gasteiger partial charge < -0.3 is 10.6 Å². The second-order valence-electron chi connectivity index (χ2n) is 4.13. The van der Waals surface area contributed by atoms with Gasteiger partial charge in [-0.25, -0.2) is 0 Å². The molecule has 0 aliphatic carbocycles. The molecule has 0 amide bonds. The van der Waals surface area contributed by atoms with Gasteiger partial charge in [-0.15, -0.1) is 0 Å². The van der Waals surface area contributed by atoms with E-state index in [4.69, 9.17) is 0 Å². The van der Waals surface area contributed by atoms with Gasteiger partial charge in [0.2, 0.25) is 0 Å². The maximum absolute atomic E-state index is 4.31. The summed E-state index contributed by atoms with van der Waals surface area (Å²) in [6.45, 7) is 7.73. The van der Waals surface area contributed by atoms with Crippen molar-refractivity contribution in [2.45, 2.75) is 25.8 Å². The number of nitrogens with one attached hydrogen (secondary N) is 2. The number of aliphatic imine (C=N–C) groups is 1. The Hall–Kier alpha value is -0.770. The van der Waals surface area contributed by atoms with Crippen molar-refractivity contribution in [1.82, 2.24) is 15.5 Å². The summed E-state index contributed by atoms with van der Waals surface area (Å²) in [4.78, 5) is 6.85. The third-order valence-electron chi connectivity index (χ3n) is 3.00. The van der Waals surface area contributed by atoms with E-state index in [1.807, 2.05) is 0 Å². The zero-order chi connectivity index (χ0) is 9.80. The number of hydrogen-bond acceptors (Lipinski definition) is 4. The van der Waals surface area contributed by atoms with Crippen molar-refractivity contribution >= 4 is 5.96 Å². The molecular weight excluding hydrogens is 176 g/mol. The molecule has 4 nitrogen and oxygen atoms in total. The zero-order valence-corrected chi connectivity index (χ0v) is 8.92. The zero-order valence-electron chi connectivity index (χ0n) is 8.92. The van der Waals surface area contributed by atoms with E-state index in [-0.39, 0.29) is 0 Å². The number of hydrogen-bond donors (Lipinski definition) is 2. The summed E-state index contributed by atoms with van der Waals surface area (Å²) in [6.07, 6.45) is 2.73. The van der Waals surface area contributed by atoms with E-state index >= 15 is 0 Å². The van der Waals surface area contributed by atoms with Gasteiger partial charge in [0.05, 0.1) is 6.54 Å². The molecule has 1 unspecified atom stereocenters. The van der Waals surface area contributed by atoms with Crippen molar-refractivity contribution in [3.8, 4) is 0 Å². The third kappa shape index (κ3) is 2.38. The summed E-state index contributed by atoms with van der Waals surface area (Å²) in [5, 5.41) is 6.58. The van der Waals surface area contributed by atoms with Crippen LogP contribution < -0.4 is 10.6 Å². The minimum atomic E-state index is 0.627. The Morgan fingerprint density at radius 1 is 1.50 bits per heavy atom. The van der Waals surface area contributed by atoms with Gasteiger partial charge in [0, 0.05) is 19.1 Å². The number of likely N-dealkylation sites (tertiary alicyclic amines) is 1. The van der Waals surface area contributed by atoms with Crippen molar-refractivity contribution in [3.63, 3.8) is 0 Å². The van der Waals surface area contributed by atoms with Crippen LogP contribution in [0.1, 0.15) is 19.8 Å². The van der Waals surface area contributed by atoms with E-state index in [0.717, 1.165) is 25.6 Å². The van der Waals surface area contributed by atoms with Crippen LogP contribution in [0.2, 0.25) is 0 Å². The first-order valence-corrected chi connectivity index (χ1v) is 5.62. The fourth-order valence-corrected chi connectivity index (χ4v) is 2.07. The average Bonchev–Trinajstić information content (AvgIpc) is 2.87. The molecule has 1 fully saturated rings. The monoisotopic (exact) mass is 196 g/mol. The third-order valence-corrected chi connectivity index (χ3v) is 3.00. The second kappa shape index (κ2) is 4.64. The van der Waals surface area contributed by atoms with Crippen LogP contribution in [0.15, 0.2) is 4.99 Å². The van der Waals surface area contributed by atoms with Crippen molar-refractivity contribution in [3.05, 3.63) is 0 Å². The molecule has 2 N–H and O–H groups in total. The average molecular weight is 196 g/mol. The number of rotatable bonds is 3. The van der Waals surface area contributed by atoms with Gasteiger partial charge in [0.1, 0.15) is 0 Å². The smallest absolute Gasteiger partial charge is 0.191 e. The molecule has 1 atom stereocenters. The predicted molar refractivity (Wildman–Crippen MR) is 58.6 cm³/mol. The van der Waals surface area contributed by atoms with Gasteiger partial charge >= 0.3 is 0 Å². The maximum Gasteiger partial charge on any atom is 0.191 e. The van der Waals surface area contributed by atoms with Gasteiger partial charge in [-0.2, -0.15) is 0 Å². The highest BCUT2D eigenvalue weighted by atomic mass is 15.2. The van der Waals surface area contributed by atoms with Crippen molar-refractivity contribution in [2.75, 3.05) is 32.7 Å². The summed E-state index contributed by atoms with van der Waals surface area (Å²) in [5.41, 5.74) is 0. The van der Waals surface area contributed by atoms with Gasteiger partial charge in [0.25, 0.3) is 0 Å². The highest BCUT2D eigenvalue weighted by molar-refractivity contribution is 5.81. The summed E-state index contributed by atoms with van der Waals surface area (Å²) in [7, 11) is 0. The standard InChI is InChI=1S/C10H20N4/c1-9(14-6-2-3-7-14)8-13-10-11-4-5-12-10/h9H,2-8H2,1H3,(H2,11,12,13). The van der Waals surface area contributed by atoms with Crippen LogP contribution in [0.3, 0.4) is 0 Å². The van der Waals surface area contributed by atoms with E-state index in [2.05, 4.69) is 27.4 Å². The number of guanidine groups is 1. The van der Waals surface area contributed by atoms with E-state index in [9.17, 15) is 0 Å². The lowest BCUT2D eigenvalue weighted by Gasteiger charge is -2.24. The first-order valence-electron chi connectivity index (χ1n) is 5.62. The first kappa shape index (κ1) is 9.77. The van der Waals surface area contributed by atoms with Crippen LogP contribution in [-0.4, -0.2) is 49.6 Å². The second-order valence-corrected chi connectivity index (χ2v) is 4.13. The minimum absolute atomic E-state index is 0.627. The quantitative estimate of drug-likeness (QED) is 0.668. The van der Waals surface area contributed by atoms with E-state index in [1.165, 1.54) is 25.9 Å². The van der Waals surface area contributed by atoms with E-state index < -0.39 is 0 Å². The predicted octanol–water partition coefficient (Wildman–Crippen LogP) is 0.0195. The molecule has 0 aromatic heterocycles. The van der Waals surface area contributed by atoms with Crippen molar-refractivity contribution in [2.24, 2.45) is 4.99 Å². The van der Waals surface area contributed by atoms with Gasteiger partial charge in [0.15, 0.2) is 5.96 Å². The van der Waals surface area contributed by atoms with Crippen molar-refractivity contribution in [1.29, 1.82) is 0 Å². The molecule has 2 aliphatic heterocycles. The normalized spacial score (nSPS) is 24.5. The summed E-state index contributed by atoms with van der Waals surface area (Å²) < 4.78 is 0. The molecule has 0 aromatic rings. The molecule has 2 rings (SSSR count). The fourth-order valence-electron chi connectivity index (χ4n) is 2.07. The van der Waals surface area contributed by atoms with Crippen LogP contribution in [0, 0.1) is 0 Å². The van der Waals surface area contributed by atoms with Crippen molar-refractivity contribution < 1.29 is 0 Å². The highest BCUT2D eigenvalue weighted by Gasteiger charge is 2.18. The minimum Gasteiger partial charge on any atom is -0.355 e. The van der Waals surface area contributed by atoms with Gasteiger partial charge in [-0.3, -0.25) is 9.89 Å². The first-order chi connectivity index (χ1) is 6.86. The lowest BCUT2D eigenvalue weighted by Crippen LogP contribution is -2.43. The largest absolute Gasteiger partial charge is 0.355 e. The molecule has 1 saturated heterocycles. The molecular formula is C10H20N4. The molecule has 14 heavy (non-hydrogen) atoms. The maximum atomic E-state index is 4.31. The lowest BCUT2D eigenvalue weighted by molar-refractivity contribution is 0.259. The Balaban J connectivity index is 1.68. The van der Waals surface area contributed by atoms with Crippen LogP contribution in [0.5, 0.6) is 0 Å². The summed E-state index contributed by atoms with van der Waals surface area (Å²) >= 11 is 0. The summed E-state index contributed by atoms with van der Waals surface area (Å²) in [6, 6.07) is 0.627. The van der Waals surface area contributed by atoms with Crippen LogP contribution in [-0.2, 0) is 0 Å². The molecule has 2 heterocycles. The van der Waals surface area contributed by atoms with Gasteiger partial charge in [-0.05, 0) is 32.9 Å². The number of nitrogens with zero attached hydrogens (tertiary/aromatic N) is 2. The Labute approximate surface area is 85.8 Å². The highest BCUT2D eigenvalue weighted by Crippen LogP contribution is 2.10. The van der Waals surface area contributed by atoms with Crippen LogP contribution in [0.4, 0.5) is 0 Å². The van der Waals surface area contributed by atoms with E-state index in [0.29, 0.717) is 6.04 Å². The lowest BCUT2D eigenvalue weighted by atomic mass is 10.3. The fraction of sp³-hybridized carbons (Fsp3) is 0.900. The summed E-state index contributed by atoms with van der Waals surface area (Å²) in [5.74, 6) is 0.982. The van der Waals surface area contributed by atoms with Gasteiger partial charge in [-0.1, -0.05) is 0 Å². The molecule has 80 valence electrons. The molecule has 0 saturated carbocycles. The Kier molecular flexibility index (Phi) is 3.24. The van der Waals surface area contributed by atoms with Crippen LogP contribution in [0.25, 0.3) is 0 Å². The van der Waals surface area contributed by atoms with E-state index in [1.54, 1.807) is 0 Å². The molecule has 2 aliphatic rings. The molecule has 4 heteroatoms. The topological polar surface area (TPSA) is 39.7 Å². The molecule has 0 bridgehead atoms.